The molecule has 1 amide bonds. The molecule has 0 aliphatic heterocycles. The van der Waals surface area contributed by atoms with Crippen LogP contribution in [0.3, 0.4) is 0 Å². The molecular weight excluding hydrogens is 290 g/mol. The zero-order valence-electron chi connectivity index (χ0n) is 11.8. The molecule has 1 aromatic heterocycles. The van der Waals surface area contributed by atoms with E-state index in [0.29, 0.717) is 25.1 Å². The molecule has 2 aromatic rings. The molecule has 112 valence electrons. The first-order chi connectivity index (χ1) is 10.2. The molecule has 1 aromatic carbocycles. The van der Waals surface area contributed by atoms with E-state index in [1.54, 1.807) is 24.2 Å². The Morgan fingerprint density at radius 2 is 2.19 bits per heavy atom. The third-order valence-corrected chi connectivity index (χ3v) is 3.30. The van der Waals surface area contributed by atoms with Crippen LogP contribution in [0.5, 0.6) is 0 Å². The fraction of sp³-hybridized carbons (Fsp3) is 0.333. The second-order valence-corrected chi connectivity index (χ2v) is 5.22. The van der Waals surface area contributed by atoms with E-state index in [4.69, 9.17) is 16.3 Å². The Balaban J connectivity index is 1.88. The van der Waals surface area contributed by atoms with Crippen molar-refractivity contribution in [1.29, 1.82) is 0 Å². The predicted octanol–water partition coefficient (Wildman–Crippen LogP) is 2.25. The standard InChI is InChI=1S/C15H18ClN3O2/c1-21-11-13(16)7-8-17-15(20)12-9-18-19(10-12)14-5-3-2-4-6-14/h2-6,9-10,13H,7-8,11H2,1H3,(H,17,20). The Morgan fingerprint density at radius 1 is 1.43 bits per heavy atom. The second kappa shape index (κ2) is 7.81. The maximum atomic E-state index is 12.0. The molecule has 1 heterocycles. The van der Waals surface area contributed by atoms with Gasteiger partial charge >= 0.3 is 0 Å². The number of nitrogens with zero attached hydrogens (tertiary/aromatic N) is 2. The highest BCUT2D eigenvalue weighted by Gasteiger charge is 2.10. The number of rotatable bonds is 7. The number of halogens is 1. The lowest BCUT2D eigenvalue weighted by Crippen LogP contribution is -2.26. The van der Waals surface area contributed by atoms with Crippen LogP contribution < -0.4 is 5.32 Å². The number of hydrogen-bond acceptors (Lipinski definition) is 3. The summed E-state index contributed by atoms with van der Waals surface area (Å²) in [7, 11) is 1.60. The number of methoxy groups -OCH3 is 1. The van der Waals surface area contributed by atoms with Gasteiger partial charge in [-0.3, -0.25) is 4.79 Å². The van der Waals surface area contributed by atoms with Crippen LogP contribution in [0.15, 0.2) is 42.7 Å². The van der Waals surface area contributed by atoms with Gasteiger partial charge in [0, 0.05) is 19.9 Å². The molecule has 2 rings (SSSR count). The maximum Gasteiger partial charge on any atom is 0.254 e. The molecule has 0 radical (unpaired) electrons. The van der Waals surface area contributed by atoms with Crippen LogP contribution in [0.1, 0.15) is 16.8 Å². The molecular formula is C15H18ClN3O2. The monoisotopic (exact) mass is 307 g/mol. The van der Waals surface area contributed by atoms with E-state index < -0.39 is 0 Å². The van der Waals surface area contributed by atoms with E-state index in [-0.39, 0.29) is 11.3 Å². The highest BCUT2D eigenvalue weighted by Crippen LogP contribution is 2.08. The molecule has 1 atom stereocenters. The molecule has 0 aliphatic carbocycles. The van der Waals surface area contributed by atoms with E-state index in [9.17, 15) is 4.79 Å². The molecule has 1 N–H and O–H groups in total. The molecule has 1 unspecified atom stereocenters. The molecule has 0 bridgehead atoms. The van der Waals surface area contributed by atoms with E-state index >= 15 is 0 Å². The van der Waals surface area contributed by atoms with Gasteiger partial charge in [-0.15, -0.1) is 11.6 Å². The van der Waals surface area contributed by atoms with Gasteiger partial charge in [0.05, 0.1) is 29.4 Å². The Kier molecular flexibility index (Phi) is 5.78. The Bertz CT molecular complexity index is 571. The first-order valence-corrected chi connectivity index (χ1v) is 7.15. The number of amides is 1. The van der Waals surface area contributed by atoms with E-state index in [1.165, 1.54) is 0 Å². The van der Waals surface area contributed by atoms with Gasteiger partial charge in [0.15, 0.2) is 0 Å². The lowest BCUT2D eigenvalue weighted by Gasteiger charge is -2.08. The Hall–Kier alpha value is -1.85. The van der Waals surface area contributed by atoms with Gasteiger partial charge in [-0.2, -0.15) is 5.10 Å². The summed E-state index contributed by atoms with van der Waals surface area (Å²) < 4.78 is 6.61. The zero-order valence-corrected chi connectivity index (χ0v) is 12.6. The first-order valence-electron chi connectivity index (χ1n) is 6.72. The van der Waals surface area contributed by atoms with Crippen molar-refractivity contribution < 1.29 is 9.53 Å². The zero-order chi connectivity index (χ0) is 15.1. The van der Waals surface area contributed by atoms with Gasteiger partial charge in [0.2, 0.25) is 0 Å². The summed E-state index contributed by atoms with van der Waals surface area (Å²) in [5, 5.41) is 6.92. The van der Waals surface area contributed by atoms with Crippen LogP contribution in [0.2, 0.25) is 0 Å². The van der Waals surface area contributed by atoms with Crippen LogP contribution in [0.25, 0.3) is 5.69 Å². The largest absolute Gasteiger partial charge is 0.383 e. The average molecular weight is 308 g/mol. The minimum atomic E-state index is -0.154. The minimum Gasteiger partial charge on any atom is -0.383 e. The van der Waals surface area contributed by atoms with Crippen molar-refractivity contribution >= 4 is 17.5 Å². The molecule has 0 saturated carbocycles. The van der Waals surface area contributed by atoms with Gasteiger partial charge in [-0.05, 0) is 18.6 Å². The second-order valence-electron chi connectivity index (χ2n) is 4.61. The molecule has 21 heavy (non-hydrogen) atoms. The normalized spacial score (nSPS) is 12.1. The van der Waals surface area contributed by atoms with Crippen LogP contribution >= 0.6 is 11.6 Å². The van der Waals surface area contributed by atoms with Gasteiger partial charge in [0.25, 0.3) is 5.91 Å². The van der Waals surface area contributed by atoms with Crippen molar-refractivity contribution in [2.75, 3.05) is 20.3 Å². The summed E-state index contributed by atoms with van der Waals surface area (Å²) in [5.41, 5.74) is 1.44. The predicted molar refractivity (Wildman–Crippen MR) is 82.0 cm³/mol. The number of hydrogen-bond donors (Lipinski definition) is 1. The molecule has 6 heteroatoms. The van der Waals surface area contributed by atoms with E-state index in [1.807, 2.05) is 30.3 Å². The lowest BCUT2D eigenvalue weighted by atomic mass is 10.3. The third kappa shape index (κ3) is 4.58. The summed E-state index contributed by atoms with van der Waals surface area (Å²) >= 11 is 6.00. The van der Waals surface area contributed by atoms with Crippen molar-refractivity contribution in [1.82, 2.24) is 15.1 Å². The van der Waals surface area contributed by atoms with Crippen molar-refractivity contribution in [2.45, 2.75) is 11.8 Å². The van der Waals surface area contributed by atoms with Crippen molar-refractivity contribution in [2.24, 2.45) is 0 Å². The molecule has 5 nitrogen and oxygen atoms in total. The number of aromatic nitrogens is 2. The van der Waals surface area contributed by atoms with Crippen LogP contribution in [-0.4, -0.2) is 41.3 Å². The summed E-state index contributed by atoms with van der Waals surface area (Å²) in [5.74, 6) is -0.154. The number of benzene rings is 1. The molecule has 0 saturated heterocycles. The SMILES string of the molecule is COCC(Cl)CCNC(=O)c1cnn(-c2ccccc2)c1. The maximum absolute atomic E-state index is 12.0. The van der Waals surface area contributed by atoms with E-state index in [2.05, 4.69) is 10.4 Å². The van der Waals surface area contributed by atoms with Gasteiger partial charge in [0.1, 0.15) is 0 Å². The van der Waals surface area contributed by atoms with Crippen molar-refractivity contribution in [3.8, 4) is 5.69 Å². The van der Waals surface area contributed by atoms with Gasteiger partial charge in [-0.1, -0.05) is 18.2 Å². The highest BCUT2D eigenvalue weighted by molar-refractivity contribution is 6.20. The van der Waals surface area contributed by atoms with E-state index in [0.717, 1.165) is 5.69 Å². The van der Waals surface area contributed by atoms with Gasteiger partial charge < -0.3 is 10.1 Å². The lowest BCUT2D eigenvalue weighted by molar-refractivity contribution is 0.0951. The van der Waals surface area contributed by atoms with Crippen molar-refractivity contribution in [3.63, 3.8) is 0 Å². The highest BCUT2D eigenvalue weighted by atomic mass is 35.5. The smallest absolute Gasteiger partial charge is 0.254 e. The molecule has 0 aliphatic rings. The minimum absolute atomic E-state index is 0.0951. The van der Waals surface area contributed by atoms with Crippen molar-refractivity contribution in [3.05, 3.63) is 48.3 Å². The number of nitrogens with one attached hydrogen (secondary N) is 1. The Morgan fingerprint density at radius 3 is 2.90 bits per heavy atom. The fourth-order valence-electron chi connectivity index (χ4n) is 1.87. The fourth-order valence-corrected chi connectivity index (χ4v) is 2.11. The molecule has 0 fully saturated rings. The summed E-state index contributed by atoms with van der Waals surface area (Å²) in [4.78, 5) is 12.0. The summed E-state index contributed by atoms with van der Waals surface area (Å²) in [6, 6.07) is 9.64. The number of carbonyl (C=O) groups is 1. The van der Waals surface area contributed by atoms with Crippen LogP contribution in [-0.2, 0) is 4.74 Å². The molecule has 0 spiro atoms. The topological polar surface area (TPSA) is 56.1 Å². The summed E-state index contributed by atoms with van der Waals surface area (Å²) in [6.07, 6.45) is 3.92. The quantitative estimate of drug-likeness (QED) is 0.798. The number of alkyl halides is 1. The van der Waals surface area contributed by atoms with Crippen LogP contribution in [0, 0.1) is 0 Å². The van der Waals surface area contributed by atoms with Gasteiger partial charge in [-0.25, -0.2) is 4.68 Å². The van der Waals surface area contributed by atoms with Crippen LogP contribution in [0.4, 0.5) is 0 Å². The number of para-hydroxylation sites is 1. The average Bonchev–Trinajstić information content (AvgIpc) is 2.98. The summed E-state index contributed by atoms with van der Waals surface area (Å²) in [6.45, 7) is 0.982. The third-order valence-electron chi connectivity index (χ3n) is 2.96. The number of carbonyl (C=O) groups excluding carboxylic acids is 1. The Labute approximate surface area is 128 Å². The first kappa shape index (κ1) is 15.5. The number of ether oxygens (including phenoxy) is 1.